The van der Waals surface area contributed by atoms with Crippen LogP contribution in [0.5, 0.6) is 0 Å². The van der Waals surface area contributed by atoms with Crippen LogP contribution in [0.15, 0.2) is 57.0 Å². The van der Waals surface area contributed by atoms with E-state index in [9.17, 15) is 13.2 Å². The van der Waals surface area contributed by atoms with E-state index in [1.54, 1.807) is 18.2 Å². The molecule has 3 aromatic rings. The van der Waals surface area contributed by atoms with Gasteiger partial charge in [-0.2, -0.15) is 13.5 Å². The van der Waals surface area contributed by atoms with Gasteiger partial charge in [0.05, 0.1) is 12.0 Å². The average molecular weight is 385 g/mol. The predicted molar refractivity (Wildman–Crippen MR) is 100 cm³/mol. The lowest BCUT2D eigenvalue weighted by molar-refractivity contribution is 0.452. The Morgan fingerprint density at radius 1 is 1.11 bits per heavy atom. The third-order valence-corrected chi connectivity index (χ3v) is 5.96. The van der Waals surface area contributed by atoms with Crippen LogP contribution >= 0.6 is 0 Å². The van der Waals surface area contributed by atoms with Gasteiger partial charge in [0.25, 0.3) is 15.6 Å². The zero-order chi connectivity index (χ0) is 18.9. The third-order valence-electron chi connectivity index (χ3n) is 4.69. The molecule has 7 nitrogen and oxygen atoms in total. The molecule has 0 aliphatic heterocycles. The molecule has 1 aromatic carbocycles. The van der Waals surface area contributed by atoms with Crippen molar-refractivity contribution in [3.05, 3.63) is 75.4 Å². The molecule has 0 saturated carbocycles. The summed E-state index contributed by atoms with van der Waals surface area (Å²) >= 11 is 0. The highest BCUT2D eigenvalue weighted by Gasteiger charge is 2.19. The van der Waals surface area contributed by atoms with Gasteiger partial charge >= 0.3 is 0 Å². The monoisotopic (exact) mass is 385 g/mol. The fourth-order valence-corrected chi connectivity index (χ4v) is 4.41. The minimum atomic E-state index is -3.76. The largest absolute Gasteiger partial charge is 0.451 e. The van der Waals surface area contributed by atoms with Crippen LogP contribution in [-0.2, 0) is 29.3 Å². The molecule has 2 heterocycles. The first-order valence-electron chi connectivity index (χ1n) is 8.77. The van der Waals surface area contributed by atoms with E-state index >= 15 is 0 Å². The highest BCUT2D eigenvalue weighted by molar-refractivity contribution is 7.92. The normalized spacial score (nSPS) is 13.9. The van der Waals surface area contributed by atoms with E-state index in [4.69, 9.17) is 4.42 Å². The Kier molecular flexibility index (Phi) is 4.57. The Morgan fingerprint density at radius 2 is 1.93 bits per heavy atom. The molecular weight excluding hydrogens is 366 g/mol. The number of H-pyrrole nitrogens is 1. The number of furan rings is 1. The molecule has 27 heavy (non-hydrogen) atoms. The molecule has 0 amide bonds. The van der Waals surface area contributed by atoms with Gasteiger partial charge in [-0.1, -0.05) is 12.1 Å². The number of sulfonamides is 1. The summed E-state index contributed by atoms with van der Waals surface area (Å²) in [6.07, 6.45) is 5.54. The van der Waals surface area contributed by atoms with E-state index < -0.39 is 10.0 Å². The minimum Gasteiger partial charge on any atom is -0.451 e. The molecule has 0 fully saturated rings. The summed E-state index contributed by atoms with van der Waals surface area (Å²) in [5.74, 6) is 0. The summed E-state index contributed by atoms with van der Waals surface area (Å²) in [5, 5.41) is 6.70. The molecule has 0 spiro atoms. The van der Waals surface area contributed by atoms with Gasteiger partial charge in [0.1, 0.15) is 0 Å². The highest BCUT2D eigenvalue weighted by Crippen LogP contribution is 2.23. The van der Waals surface area contributed by atoms with Crippen LogP contribution in [0, 0.1) is 0 Å². The number of benzene rings is 1. The van der Waals surface area contributed by atoms with E-state index in [1.165, 1.54) is 18.4 Å². The lowest BCUT2D eigenvalue weighted by Gasteiger charge is -2.17. The van der Waals surface area contributed by atoms with E-state index in [0.29, 0.717) is 12.1 Å². The van der Waals surface area contributed by atoms with Gasteiger partial charge < -0.3 is 4.42 Å². The van der Waals surface area contributed by atoms with E-state index in [-0.39, 0.29) is 10.7 Å². The second-order valence-electron chi connectivity index (χ2n) is 6.58. The number of fused-ring (bicyclic) bond motifs is 1. The lowest BCUT2D eigenvalue weighted by atomic mass is 9.90. The van der Waals surface area contributed by atoms with Gasteiger partial charge in [-0.3, -0.25) is 9.52 Å². The molecule has 140 valence electrons. The first-order valence-corrected chi connectivity index (χ1v) is 10.3. The third kappa shape index (κ3) is 3.66. The predicted octanol–water partition coefficient (Wildman–Crippen LogP) is 2.63. The molecule has 2 aromatic heterocycles. The first kappa shape index (κ1) is 17.5. The fraction of sp³-hybridized carbons (Fsp3) is 0.263. The van der Waals surface area contributed by atoms with Gasteiger partial charge in [-0.25, -0.2) is 5.10 Å². The molecule has 0 unspecified atom stereocenters. The summed E-state index contributed by atoms with van der Waals surface area (Å²) in [4.78, 5) is 12.0. The van der Waals surface area contributed by atoms with Crippen molar-refractivity contribution >= 4 is 15.7 Å². The number of hydrogen-bond donors (Lipinski definition) is 2. The Bertz CT molecular complexity index is 1120. The zero-order valence-corrected chi connectivity index (χ0v) is 15.4. The number of nitrogens with one attached hydrogen (secondary N) is 2. The lowest BCUT2D eigenvalue weighted by Crippen LogP contribution is -2.23. The van der Waals surface area contributed by atoms with Gasteiger partial charge in [0.2, 0.25) is 5.09 Å². The maximum Gasteiger partial charge on any atom is 0.295 e. The number of aromatic amines is 1. The Balaban J connectivity index is 1.60. The summed E-state index contributed by atoms with van der Waals surface area (Å²) in [6.45, 7) is 0. The van der Waals surface area contributed by atoms with E-state index in [1.807, 2.05) is 6.07 Å². The van der Waals surface area contributed by atoms with Crippen LogP contribution in [0.25, 0.3) is 0 Å². The second-order valence-corrected chi connectivity index (χ2v) is 8.19. The summed E-state index contributed by atoms with van der Waals surface area (Å²) in [7, 11) is -3.76. The van der Waals surface area contributed by atoms with E-state index in [2.05, 4.69) is 14.9 Å². The smallest absolute Gasteiger partial charge is 0.295 e. The van der Waals surface area contributed by atoms with Crippen LogP contribution < -0.4 is 10.3 Å². The zero-order valence-electron chi connectivity index (χ0n) is 14.6. The topological polar surface area (TPSA) is 105 Å². The molecule has 2 N–H and O–H groups in total. The maximum absolute atomic E-state index is 12.3. The molecule has 4 rings (SSSR count). The van der Waals surface area contributed by atoms with Crippen LogP contribution in [0.2, 0.25) is 0 Å². The number of hydrogen-bond acceptors (Lipinski definition) is 5. The van der Waals surface area contributed by atoms with Crippen LogP contribution in [0.4, 0.5) is 5.69 Å². The van der Waals surface area contributed by atoms with Gasteiger partial charge in [-0.15, -0.1) is 0 Å². The molecular formula is C19H19N3O4S. The fourth-order valence-electron chi connectivity index (χ4n) is 3.43. The minimum absolute atomic E-state index is 0.103. The van der Waals surface area contributed by atoms with E-state index in [0.717, 1.165) is 48.1 Å². The maximum atomic E-state index is 12.3. The van der Waals surface area contributed by atoms with Crippen molar-refractivity contribution in [3.8, 4) is 0 Å². The van der Waals surface area contributed by atoms with Crippen LogP contribution in [-0.4, -0.2) is 18.6 Å². The molecule has 8 heteroatoms. The van der Waals surface area contributed by atoms with Crippen LogP contribution in [0.1, 0.15) is 35.2 Å². The standard InChI is InChI=1S/C19H19N3O4S/c23-19-16-8-2-1-7-15(16)17(20-21-19)12-13-5-3-6-14(11-13)22-27(24,25)18-9-4-10-26-18/h3-6,9-11,22H,1-2,7-8,12H2,(H,21,23). The molecule has 1 aliphatic rings. The van der Waals surface area contributed by atoms with Crippen molar-refractivity contribution in [2.45, 2.75) is 37.2 Å². The van der Waals surface area contributed by atoms with Crippen molar-refractivity contribution in [2.24, 2.45) is 0 Å². The van der Waals surface area contributed by atoms with Crippen molar-refractivity contribution in [3.63, 3.8) is 0 Å². The van der Waals surface area contributed by atoms with Crippen molar-refractivity contribution in [1.29, 1.82) is 0 Å². The quantitative estimate of drug-likeness (QED) is 0.702. The van der Waals surface area contributed by atoms with Gasteiger partial charge in [0, 0.05) is 17.7 Å². The van der Waals surface area contributed by atoms with Crippen LogP contribution in [0.3, 0.4) is 0 Å². The summed E-state index contributed by atoms with van der Waals surface area (Å²) in [6, 6.07) is 10.1. The van der Waals surface area contributed by atoms with Crippen molar-refractivity contribution in [1.82, 2.24) is 10.2 Å². The van der Waals surface area contributed by atoms with Crippen molar-refractivity contribution in [2.75, 3.05) is 4.72 Å². The Morgan fingerprint density at radius 3 is 2.70 bits per heavy atom. The molecule has 1 aliphatic carbocycles. The average Bonchev–Trinajstić information content (AvgIpc) is 3.20. The van der Waals surface area contributed by atoms with Crippen molar-refractivity contribution < 1.29 is 12.8 Å². The first-order chi connectivity index (χ1) is 13.0. The molecule has 0 bridgehead atoms. The molecule has 0 atom stereocenters. The highest BCUT2D eigenvalue weighted by atomic mass is 32.2. The number of aromatic nitrogens is 2. The number of anilines is 1. The molecule has 0 radical (unpaired) electrons. The SMILES string of the molecule is O=c1[nH]nc(Cc2cccc(NS(=O)(=O)c3ccco3)c2)c2c1CCCC2. The number of rotatable bonds is 5. The number of nitrogens with zero attached hydrogens (tertiary/aromatic N) is 1. The summed E-state index contributed by atoms with van der Waals surface area (Å²) < 4.78 is 32.1. The Hall–Kier alpha value is -2.87. The Labute approximate surface area is 156 Å². The molecule has 0 saturated heterocycles. The second kappa shape index (κ2) is 7.03. The van der Waals surface area contributed by atoms with Gasteiger partial charge in [-0.05, 0) is 61.1 Å². The summed E-state index contributed by atoms with van der Waals surface area (Å²) in [5.41, 5.74) is 3.96. The van der Waals surface area contributed by atoms with Gasteiger partial charge in [0.15, 0.2) is 0 Å².